The molecule has 0 aliphatic heterocycles. The monoisotopic (exact) mass is 428 g/mol. The highest BCUT2D eigenvalue weighted by Gasteiger charge is 2.21. The lowest BCUT2D eigenvalue weighted by Crippen LogP contribution is -2.27. The molecule has 0 saturated carbocycles. The van der Waals surface area contributed by atoms with E-state index in [1.165, 1.54) is 27.8 Å². The molecule has 3 aromatic rings. The molecule has 7 heteroatoms. The largest absolute Gasteiger partial charge is 0.355 e. The number of nitrogens with one attached hydrogen (secondary N) is 1. The van der Waals surface area contributed by atoms with Crippen LogP contribution in [0.1, 0.15) is 42.8 Å². The van der Waals surface area contributed by atoms with Gasteiger partial charge in [-0.15, -0.1) is 21.5 Å². The van der Waals surface area contributed by atoms with Gasteiger partial charge in [-0.25, -0.2) is 0 Å². The molecular weight excluding hydrogens is 400 g/mol. The molecule has 29 heavy (non-hydrogen) atoms. The fourth-order valence-corrected chi connectivity index (χ4v) is 5.14. The van der Waals surface area contributed by atoms with E-state index in [0.29, 0.717) is 12.3 Å². The van der Waals surface area contributed by atoms with Crippen LogP contribution in [0, 0.1) is 6.92 Å². The number of hydrogen-bond donors (Lipinski definition) is 1. The number of amides is 1. The quantitative estimate of drug-likeness (QED) is 0.492. The molecule has 0 unspecified atom stereocenters. The summed E-state index contributed by atoms with van der Waals surface area (Å²) in [7, 11) is 0. The Hall–Kier alpha value is -2.12. The first kappa shape index (κ1) is 21.6. The molecule has 1 aromatic carbocycles. The van der Waals surface area contributed by atoms with Crippen LogP contribution >= 0.6 is 23.1 Å². The van der Waals surface area contributed by atoms with E-state index in [2.05, 4.69) is 65.3 Å². The molecule has 0 fully saturated rings. The van der Waals surface area contributed by atoms with Crippen molar-refractivity contribution < 1.29 is 4.79 Å². The van der Waals surface area contributed by atoms with Gasteiger partial charge in [0.05, 0.1) is 5.75 Å². The van der Waals surface area contributed by atoms with E-state index < -0.39 is 0 Å². The van der Waals surface area contributed by atoms with Crippen LogP contribution in [0.2, 0.25) is 0 Å². The molecule has 5 nitrogen and oxygen atoms in total. The van der Waals surface area contributed by atoms with E-state index >= 15 is 0 Å². The minimum absolute atomic E-state index is 0.0198. The van der Waals surface area contributed by atoms with Gasteiger partial charge in [0.2, 0.25) is 5.91 Å². The standard InChI is InChI=1S/C22H28N4OS2/c1-5-18-16(4)28-13-19(18)21-24-25-22(26(21)15(2)3)29-14-20(27)23-12-11-17-9-7-6-8-10-17/h6-10,13,15H,5,11-12,14H2,1-4H3,(H,23,27). The average Bonchev–Trinajstić information content (AvgIpc) is 3.30. The molecule has 3 rings (SSSR count). The first-order valence-electron chi connectivity index (χ1n) is 9.96. The smallest absolute Gasteiger partial charge is 0.230 e. The molecule has 0 spiro atoms. The molecule has 0 aliphatic rings. The maximum absolute atomic E-state index is 12.3. The maximum atomic E-state index is 12.3. The van der Waals surface area contributed by atoms with Crippen molar-refractivity contribution in [3.05, 3.63) is 51.7 Å². The summed E-state index contributed by atoms with van der Waals surface area (Å²) in [5.74, 6) is 1.25. The van der Waals surface area contributed by atoms with Gasteiger partial charge in [-0.3, -0.25) is 9.36 Å². The zero-order valence-electron chi connectivity index (χ0n) is 17.4. The van der Waals surface area contributed by atoms with E-state index in [0.717, 1.165) is 29.4 Å². The Kier molecular flexibility index (Phi) is 7.50. The van der Waals surface area contributed by atoms with Crippen molar-refractivity contribution in [1.29, 1.82) is 0 Å². The zero-order valence-corrected chi connectivity index (χ0v) is 19.1. The number of nitrogens with zero attached hydrogens (tertiary/aromatic N) is 3. The first-order valence-corrected chi connectivity index (χ1v) is 11.8. The van der Waals surface area contributed by atoms with Crippen LogP contribution in [-0.2, 0) is 17.6 Å². The number of aryl methyl sites for hydroxylation is 1. The second-order valence-corrected chi connectivity index (χ2v) is 9.21. The number of carbonyl (C=O) groups is 1. The highest BCUT2D eigenvalue weighted by atomic mass is 32.2. The molecule has 1 N–H and O–H groups in total. The van der Waals surface area contributed by atoms with Gasteiger partial charge in [-0.2, -0.15) is 0 Å². The number of rotatable bonds is 9. The highest BCUT2D eigenvalue weighted by molar-refractivity contribution is 7.99. The SMILES string of the molecule is CCc1c(-c2nnc(SCC(=O)NCCc3ccccc3)n2C(C)C)csc1C. The summed E-state index contributed by atoms with van der Waals surface area (Å²) in [6.45, 7) is 9.21. The fourth-order valence-electron chi connectivity index (χ4n) is 3.30. The number of thioether (sulfide) groups is 1. The summed E-state index contributed by atoms with van der Waals surface area (Å²) in [5, 5.41) is 14.8. The van der Waals surface area contributed by atoms with Crippen LogP contribution in [0.5, 0.6) is 0 Å². The number of benzene rings is 1. The van der Waals surface area contributed by atoms with Crippen LogP contribution in [0.3, 0.4) is 0 Å². The average molecular weight is 429 g/mol. The minimum atomic E-state index is 0.0198. The van der Waals surface area contributed by atoms with Crippen molar-refractivity contribution in [2.24, 2.45) is 0 Å². The third-order valence-corrected chi connectivity index (χ3v) is 6.69. The number of carbonyl (C=O) groups excluding carboxylic acids is 1. The van der Waals surface area contributed by atoms with Crippen molar-refractivity contribution in [3.8, 4) is 11.4 Å². The third-order valence-electron chi connectivity index (χ3n) is 4.79. The highest BCUT2D eigenvalue weighted by Crippen LogP contribution is 2.34. The van der Waals surface area contributed by atoms with Crippen molar-refractivity contribution in [2.75, 3.05) is 12.3 Å². The van der Waals surface area contributed by atoms with Crippen molar-refractivity contribution in [1.82, 2.24) is 20.1 Å². The van der Waals surface area contributed by atoms with Gasteiger partial charge in [0.1, 0.15) is 0 Å². The van der Waals surface area contributed by atoms with E-state index in [9.17, 15) is 4.79 Å². The lowest BCUT2D eigenvalue weighted by molar-refractivity contribution is -0.118. The molecule has 1 amide bonds. The summed E-state index contributed by atoms with van der Waals surface area (Å²) in [4.78, 5) is 13.6. The van der Waals surface area contributed by atoms with Crippen LogP contribution in [-0.4, -0.2) is 33.0 Å². The van der Waals surface area contributed by atoms with Gasteiger partial charge in [-0.1, -0.05) is 49.0 Å². The predicted octanol–water partition coefficient (Wildman–Crippen LogP) is 4.91. The summed E-state index contributed by atoms with van der Waals surface area (Å²) >= 11 is 3.20. The van der Waals surface area contributed by atoms with Crippen LogP contribution < -0.4 is 5.32 Å². The topological polar surface area (TPSA) is 59.8 Å². The number of aromatic nitrogens is 3. The Labute approximate surface area is 180 Å². The normalized spacial score (nSPS) is 11.2. The molecule has 0 saturated heterocycles. The minimum Gasteiger partial charge on any atom is -0.355 e. The molecular formula is C22H28N4OS2. The van der Waals surface area contributed by atoms with Crippen LogP contribution in [0.15, 0.2) is 40.9 Å². The molecule has 154 valence electrons. The number of thiophene rings is 1. The fraction of sp³-hybridized carbons (Fsp3) is 0.409. The molecule has 0 atom stereocenters. The Morgan fingerprint density at radius 3 is 2.69 bits per heavy atom. The lowest BCUT2D eigenvalue weighted by atomic mass is 10.1. The van der Waals surface area contributed by atoms with Crippen LogP contribution in [0.4, 0.5) is 0 Å². The summed E-state index contributed by atoms with van der Waals surface area (Å²) < 4.78 is 2.14. The van der Waals surface area contributed by atoms with Crippen molar-refractivity contribution in [3.63, 3.8) is 0 Å². The Morgan fingerprint density at radius 2 is 2.00 bits per heavy atom. The molecule has 2 aromatic heterocycles. The third kappa shape index (κ3) is 5.28. The molecule has 0 bridgehead atoms. The Balaban J connectivity index is 1.63. The lowest BCUT2D eigenvalue weighted by Gasteiger charge is -2.14. The van der Waals surface area contributed by atoms with E-state index in [-0.39, 0.29) is 11.9 Å². The van der Waals surface area contributed by atoms with E-state index in [1.54, 1.807) is 11.3 Å². The van der Waals surface area contributed by atoms with Crippen molar-refractivity contribution in [2.45, 2.75) is 51.7 Å². The molecule has 0 radical (unpaired) electrons. The van der Waals surface area contributed by atoms with Crippen molar-refractivity contribution >= 4 is 29.0 Å². The summed E-state index contributed by atoms with van der Waals surface area (Å²) in [5.41, 5.74) is 3.72. The van der Waals surface area contributed by atoms with Gasteiger partial charge >= 0.3 is 0 Å². The second kappa shape index (κ2) is 10.1. The van der Waals surface area contributed by atoms with E-state index in [4.69, 9.17) is 0 Å². The van der Waals surface area contributed by atoms with E-state index in [1.807, 2.05) is 18.2 Å². The molecule has 2 heterocycles. The summed E-state index contributed by atoms with van der Waals surface area (Å²) in [6.07, 6.45) is 1.81. The second-order valence-electron chi connectivity index (χ2n) is 7.18. The summed E-state index contributed by atoms with van der Waals surface area (Å²) in [6, 6.07) is 10.4. The predicted molar refractivity (Wildman–Crippen MR) is 122 cm³/mol. The first-order chi connectivity index (χ1) is 14.0. The van der Waals surface area contributed by atoms with Gasteiger partial charge in [0, 0.05) is 28.4 Å². The van der Waals surface area contributed by atoms with Gasteiger partial charge in [0.15, 0.2) is 11.0 Å². The van der Waals surface area contributed by atoms with Crippen LogP contribution in [0.25, 0.3) is 11.4 Å². The van der Waals surface area contributed by atoms with Gasteiger partial charge in [-0.05, 0) is 44.7 Å². The molecule has 0 aliphatic carbocycles. The van der Waals surface area contributed by atoms with Gasteiger partial charge in [0.25, 0.3) is 0 Å². The Morgan fingerprint density at radius 1 is 1.24 bits per heavy atom. The maximum Gasteiger partial charge on any atom is 0.230 e. The van der Waals surface area contributed by atoms with Gasteiger partial charge < -0.3 is 5.32 Å². The zero-order chi connectivity index (χ0) is 20.8. The number of hydrogen-bond acceptors (Lipinski definition) is 5. The Bertz CT molecular complexity index is 947.